The number of fused-ring (bicyclic) bond motifs is 1. The van der Waals surface area contributed by atoms with Crippen LogP contribution in [0.1, 0.15) is 22.1 Å². The summed E-state index contributed by atoms with van der Waals surface area (Å²) in [6.07, 6.45) is -0.606. The number of phenols is 1. The van der Waals surface area contributed by atoms with Gasteiger partial charge < -0.3 is 19.9 Å². The fraction of sp³-hybridized carbons (Fsp3) is 0.136. The summed E-state index contributed by atoms with van der Waals surface area (Å²) in [5.74, 6) is 1.03. The molecule has 1 unspecified atom stereocenters. The van der Waals surface area contributed by atoms with Gasteiger partial charge in [-0.3, -0.25) is 9.69 Å². The highest BCUT2D eigenvalue weighted by atomic mass is 16.5. The lowest BCUT2D eigenvalue weighted by Gasteiger charge is -2.38. The minimum absolute atomic E-state index is 0.102. The van der Waals surface area contributed by atoms with Crippen LogP contribution in [-0.2, 0) is 0 Å². The number of aromatic hydroxyl groups is 1. The summed E-state index contributed by atoms with van der Waals surface area (Å²) in [7, 11) is 3.12. The zero-order valence-corrected chi connectivity index (χ0v) is 15.5. The van der Waals surface area contributed by atoms with Gasteiger partial charge in [-0.1, -0.05) is 30.3 Å². The molecule has 0 aromatic heterocycles. The number of anilines is 2. The van der Waals surface area contributed by atoms with Crippen LogP contribution in [0.5, 0.6) is 17.2 Å². The molecular weight excluding hydrogens is 356 g/mol. The summed E-state index contributed by atoms with van der Waals surface area (Å²) < 4.78 is 10.8. The number of hydrogen-bond donors (Lipinski definition) is 2. The van der Waals surface area contributed by atoms with Gasteiger partial charge in [0.2, 0.25) is 0 Å². The fourth-order valence-corrected chi connectivity index (χ4v) is 3.42. The first-order chi connectivity index (χ1) is 13.6. The third-order valence-electron chi connectivity index (χ3n) is 4.80. The van der Waals surface area contributed by atoms with Crippen molar-refractivity contribution in [3.8, 4) is 17.2 Å². The highest BCUT2D eigenvalue weighted by Gasteiger charge is 2.36. The molecule has 2 N–H and O–H groups in total. The van der Waals surface area contributed by atoms with E-state index >= 15 is 0 Å². The molecule has 0 bridgehead atoms. The second-order valence-electron chi connectivity index (χ2n) is 6.36. The van der Waals surface area contributed by atoms with Crippen molar-refractivity contribution in [3.63, 3.8) is 0 Å². The molecule has 1 atom stereocenters. The van der Waals surface area contributed by atoms with Gasteiger partial charge in [-0.15, -0.1) is 0 Å². The molecule has 1 heterocycles. The first-order valence-electron chi connectivity index (χ1n) is 8.83. The highest BCUT2D eigenvalue weighted by molar-refractivity contribution is 6.12. The normalized spacial score (nSPS) is 15.6. The largest absolute Gasteiger partial charge is 0.508 e. The van der Waals surface area contributed by atoms with E-state index in [1.165, 1.54) is 0 Å². The molecule has 1 aliphatic heterocycles. The number of hydrogen-bond acceptors (Lipinski definition) is 5. The summed E-state index contributed by atoms with van der Waals surface area (Å²) in [5, 5.41) is 13.8. The zero-order valence-electron chi connectivity index (χ0n) is 15.5. The molecule has 6 nitrogen and oxygen atoms in total. The van der Waals surface area contributed by atoms with Crippen LogP contribution in [0.15, 0.2) is 66.7 Å². The van der Waals surface area contributed by atoms with E-state index in [2.05, 4.69) is 5.32 Å². The summed E-state index contributed by atoms with van der Waals surface area (Å²) in [6.45, 7) is 0. The Morgan fingerprint density at radius 1 is 0.964 bits per heavy atom. The lowest BCUT2D eigenvalue weighted by atomic mass is 10.0. The first-order valence-corrected chi connectivity index (χ1v) is 8.83. The van der Waals surface area contributed by atoms with Crippen molar-refractivity contribution < 1.29 is 19.4 Å². The number of methoxy groups -OCH3 is 2. The third-order valence-corrected chi connectivity index (χ3v) is 4.80. The van der Waals surface area contributed by atoms with Gasteiger partial charge in [0.15, 0.2) is 0 Å². The van der Waals surface area contributed by atoms with E-state index in [1.54, 1.807) is 61.6 Å². The number of ether oxygens (including phenoxy) is 2. The van der Waals surface area contributed by atoms with Gasteiger partial charge in [-0.2, -0.15) is 0 Å². The average molecular weight is 376 g/mol. The van der Waals surface area contributed by atoms with Gasteiger partial charge in [0.05, 0.1) is 25.5 Å². The van der Waals surface area contributed by atoms with Crippen LogP contribution < -0.4 is 19.7 Å². The maximum Gasteiger partial charge on any atom is 0.262 e. The number of nitrogens with one attached hydrogen (secondary N) is 1. The van der Waals surface area contributed by atoms with E-state index in [-0.39, 0.29) is 11.7 Å². The number of benzene rings is 3. The lowest BCUT2D eigenvalue weighted by Crippen LogP contribution is -2.43. The predicted octanol–water partition coefficient (Wildman–Crippen LogP) is 4.18. The molecule has 0 aliphatic carbocycles. The summed E-state index contributed by atoms with van der Waals surface area (Å²) in [6, 6.07) is 19.5. The van der Waals surface area contributed by atoms with Crippen LogP contribution in [0, 0.1) is 0 Å². The van der Waals surface area contributed by atoms with E-state index < -0.39 is 6.17 Å². The van der Waals surface area contributed by atoms with Crippen LogP contribution in [0.25, 0.3) is 0 Å². The molecule has 0 fully saturated rings. The van der Waals surface area contributed by atoms with Gasteiger partial charge in [0.1, 0.15) is 23.4 Å². The van der Waals surface area contributed by atoms with Crippen molar-refractivity contribution in [1.29, 1.82) is 0 Å². The average Bonchev–Trinajstić information content (AvgIpc) is 2.74. The third kappa shape index (κ3) is 2.89. The van der Waals surface area contributed by atoms with E-state index in [4.69, 9.17) is 9.47 Å². The van der Waals surface area contributed by atoms with Crippen molar-refractivity contribution in [2.45, 2.75) is 6.17 Å². The van der Waals surface area contributed by atoms with E-state index in [9.17, 15) is 9.90 Å². The fourth-order valence-electron chi connectivity index (χ4n) is 3.42. The van der Waals surface area contributed by atoms with Crippen LogP contribution >= 0.6 is 0 Å². The molecule has 0 radical (unpaired) electrons. The molecule has 142 valence electrons. The van der Waals surface area contributed by atoms with Gasteiger partial charge in [0.25, 0.3) is 5.91 Å². The van der Waals surface area contributed by atoms with Gasteiger partial charge in [-0.25, -0.2) is 0 Å². The second-order valence-corrected chi connectivity index (χ2v) is 6.36. The SMILES string of the molecule is COc1ccc(N2C(=O)c3ccccc3NC2c2ccccc2O)c(OC)c1. The Bertz CT molecular complexity index is 1030. The van der Waals surface area contributed by atoms with Gasteiger partial charge in [0, 0.05) is 17.3 Å². The number of carbonyl (C=O) groups excluding carboxylic acids is 1. The molecule has 4 rings (SSSR count). The molecule has 1 amide bonds. The van der Waals surface area contributed by atoms with Crippen molar-refractivity contribution in [2.75, 3.05) is 24.4 Å². The number of carbonyl (C=O) groups is 1. The smallest absolute Gasteiger partial charge is 0.262 e. The second kappa shape index (κ2) is 7.15. The van der Waals surface area contributed by atoms with Crippen LogP contribution in [0.3, 0.4) is 0 Å². The minimum atomic E-state index is -0.606. The van der Waals surface area contributed by atoms with Crippen molar-refractivity contribution in [3.05, 3.63) is 77.9 Å². The first kappa shape index (κ1) is 17.7. The molecule has 0 saturated heterocycles. The molecule has 3 aromatic rings. The summed E-state index contributed by atoms with van der Waals surface area (Å²) >= 11 is 0. The van der Waals surface area contributed by atoms with Gasteiger partial charge in [-0.05, 0) is 30.3 Å². The Morgan fingerprint density at radius 3 is 2.46 bits per heavy atom. The Morgan fingerprint density at radius 2 is 1.71 bits per heavy atom. The van der Waals surface area contributed by atoms with Gasteiger partial charge >= 0.3 is 0 Å². The number of rotatable bonds is 4. The maximum atomic E-state index is 13.5. The number of phenolic OH excluding ortho intramolecular Hbond substituents is 1. The molecule has 0 saturated carbocycles. The molecule has 0 spiro atoms. The monoisotopic (exact) mass is 376 g/mol. The molecule has 6 heteroatoms. The van der Waals surface area contributed by atoms with E-state index in [1.807, 2.05) is 24.3 Å². The number of para-hydroxylation sites is 2. The van der Waals surface area contributed by atoms with E-state index in [0.717, 1.165) is 0 Å². The molecule has 28 heavy (non-hydrogen) atoms. The van der Waals surface area contributed by atoms with Crippen molar-refractivity contribution in [1.82, 2.24) is 0 Å². The minimum Gasteiger partial charge on any atom is -0.508 e. The Balaban J connectivity index is 1.91. The lowest BCUT2D eigenvalue weighted by molar-refractivity contribution is 0.0974. The van der Waals surface area contributed by atoms with Crippen molar-refractivity contribution in [2.24, 2.45) is 0 Å². The van der Waals surface area contributed by atoms with Crippen LogP contribution in [0.4, 0.5) is 11.4 Å². The summed E-state index contributed by atoms with van der Waals surface area (Å²) in [5.41, 5.74) is 2.42. The number of nitrogens with zero attached hydrogens (tertiary/aromatic N) is 1. The quantitative estimate of drug-likeness (QED) is 0.715. The van der Waals surface area contributed by atoms with Crippen molar-refractivity contribution >= 4 is 17.3 Å². The highest BCUT2D eigenvalue weighted by Crippen LogP contribution is 2.43. The predicted molar refractivity (Wildman–Crippen MR) is 107 cm³/mol. The van der Waals surface area contributed by atoms with Crippen LogP contribution in [-0.4, -0.2) is 25.2 Å². The Kier molecular flexibility index (Phi) is 4.53. The zero-order chi connectivity index (χ0) is 19.7. The Labute approximate surface area is 162 Å². The maximum absolute atomic E-state index is 13.5. The molecular formula is C22H20N2O4. The Hall–Kier alpha value is -3.67. The van der Waals surface area contributed by atoms with E-state index in [0.29, 0.717) is 34.0 Å². The summed E-state index contributed by atoms with van der Waals surface area (Å²) in [4.78, 5) is 15.0. The standard InChI is InChI=1S/C22H20N2O4/c1-27-14-11-12-18(20(13-14)28-2)24-21(16-8-4-6-10-19(16)25)23-17-9-5-3-7-15(17)22(24)26/h3-13,21,23,25H,1-2H3. The molecule has 1 aliphatic rings. The topological polar surface area (TPSA) is 71.0 Å². The number of amides is 1. The molecule has 3 aromatic carbocycles. The van der Waals surface area contributed by atoms with Crippen LogP contribution in [0.2, 0.25) is 0 Å².